The average molecular weight is 378 g/mol. The van der Waals surface area contributed by atoms with Gasteiger partial charge in [0.05, 0.1) is 11.8 Å². The van der Waals surface area contributed by atoms with E-state index >= 15 is 0 Å². The van der Waals surface area contributed by atoms with Crippen LogP contribution >= 0.6 is 0 Å². The van der Waals surface area contributed by atoms with Crippen LogP contribution in [0.5, 0.6) is 0 Å². The SMILES string of the molecule is CCCCCCCCCCCCCCCCN1C(=O)[C@H]2CCCC[C@H]2C1=O. The third kappa shape index (κ3) is 7.58. The first kappa shape index (κ1) is 22.4. The quantitative estimate of drug-likeness (QED) is 0.237. The second-order valence-corrected chi connectivity index (χ2v) is 8.92. The normalized spacial score (nSPS) is 22.5. The largest absolute Gasteiger partial charge is 0.282 e. The standard InChI is InChI=1S/C24H43NO2/c1-2-3-4-5-6-7-8-9-10-11-12-13-14-17-20-25-23(26)21-18-15-16-19-22(21)24(25)27/h21-22H,2-20H2,1H3/t21-,22+. The Labute approximate surface area is 167 Å². The number of rotatable bonds is 15. The second-order valence-electron chi connectivity index (χ2n) is 8.92. The number of imide groups is 1. The zero-order valence-corrected chi connectivity index (χ0v) is 17.9. The second kappa shape index (κ2) is 13.3. The van der Waals surface area contributed by atoms with E-state index < -0.39 is 0 Å². The molecule has 0 unspecified atom stereocenters. The number of carbonyl (C=O) groups is 2. The van der Waals surface area contributed by atoms with E-state index in [1.807, 2.05) is 0 Å². The molecule has 0 spiro atoms. The van der Waals surface area contributed by atoms with Gasteiger partial charge in [-0.05, 0) is 19.3 Å². The molecule has 0 bridgehead atoms. The monoisotopic (exact) mass is 377 g/mol. The number of fused-ring (bicyclic) bond motifs is 1. The number of likely N-dealkylation sites (tertiary alicyclic amines) is 1. The molecule has 3 heteroatoms. The van der Waals surface area contributed by atoms with E-state index in [-0.39, 0.29) is 23.7 Å². The van der Waals surface area contributed by atoms with Crippen molar-refractivity contribution >= 4 is 11.8 Å². The van der Waals surface area contributed by atoms with Crippen LogP contribution in [0.25, 0.3) is 0 Å². The first-order valence-electron chi connectivity index (χ1n) is 12.1. The number of unbranched alkanes of at least 4 members (excludes halogenated alkanes) is 13. The van der Waals surface area contributed by atoms with Crippen LogP contribution in [-0.4, -0.2) is 23.3 Å². The van der Waals surface area contributed by atoms with E-state index in [9.17, 15) is 9.59 Å². The molecule has 2 atom stereocenters. The molecule has 0 aromatic carbocycles. The van der Waals surface area contributed by atoms with Crippen molar-refractivity contribution in [1.82, 2.24) is 4.90 Å². The van der Waals surface area contributed by atoms with Crippen molar-refractivity contribution in [1.29, 1.82) is 0 Å². The minimum absolute atomic E-state index is 0.0258. The molecule has 27 heavy (non-hydrogen) atoms. The molecule has 1 aliphatic carbocycles. The smallest absolute Gasteiger partial charge is 0.233 e. The van der Waals surface area contributed by atoms with Crippen molar-refractivity contribution in [3.8, 4) is 0 Å². The summed E-state index contributed by atoms with van der Waals surface area (Å²) < 4.78 is 0. The van der Waals surface area contributed by atoms with Crippen LogP contribution in [0.4, 0.5) is 0 Å². The van der Waals surface area contributed by atoms with Gasteiger partial charge in [0.1, 0.15) is 0 Å². The Balaban J connectivity index is 1.40. The molecular weight excluding hydrogens is 334 g/mol. The van der Waals surface area contributed by atoms with Gasteiger partial charge in [0.15, 0.2) is 0 Å². The van der Waals surface area contributed by atoms with Crippen LogP contribution in [0.1, 0.15) is 122 Å². The first-order chi connectivity index (χ1) is 13.3. The number of nitrogens with zero attached hydrogens (tertiary/aromatic N) is 1. The Kier molecular flexibility index (Phi) is 11.1. The van der Waals surface area contributed by atoms with Gasteiger partial charge >= 0.3 is 0 Å². The van der Waals surface area contributed by atoms with Gasteiger partial charge in [-0.15, -0.1) is 0 Å². The van der Waals surface area contributed by atoms with Gasteiger partial charge in [0, 0.05) is 6.54 Å². The lowest BCUT2D eigenvalue weighted by Crippen LogP contribution is -2.32. The van der Waals surface area contributed by atoms with Crippen molar-refractivity contribution < 1.29 is 9.59 Å². The van der Waals surface area contributed by atoms with Crippen molar-refractivity contribution in [3.63, 3.8) is 0 Å². The first-order valence-corrected chi connectivity index (χ1v) is 12.1. The fraction of sp³-hybridized carbons (Fsp3) is 0.917. The fourth-order valence-corrected chi connectivity index (χ4v) is 4.92. The molecule has 0 aromatic rings. The summed E-state index contributed by atoms with van der Waals surface area (Å²) in [5.74, 6) is 0.328. The number of hydrogen-bond donors (Lipinski definition) is 0. The maximum atomic E-state index is 12.4. The summed E-state index contributed by atoms with van der Waals surface area (Å²) in [5, 5.41) is 0. The van der Waals surface area contributed by atoms with Crippen LogP contribution < -0.4 is 0 Å². The van der Waals surface area contributed by atoms with E-state index in [1.165, 1.54) is 77.0 Å². The molecular formula is C24H43NO2. The Hall–Kier alpha value is -0.860. The lowest BCUT2D eigenvalue weighted by Gasteiger charge is -2.19. The maximum absolute atomic E-state index is 12.4. The molecule has 1 saturated carbocycles. The molecule has 0 N–H and O–H groups in total. The number of amides is 2. The molecule has 3 nitrogen and oxygen atoms in total. The van der Waals surface area contributed by atoms with Gasteiger partial charge in [-0.2, -0.15) is 0 Å². The Morgan fingerprint density at radius 1 is 0.630 bits per heavy atom. The Morgan fingerprint density at radius 2 is 1.00 bits per heavy atom. The molecule has 1 aliphatic heterocycles. The highest BCUT2D eigenvalue weighted by atomic mass is 16.2. The highest BCUT2D eigenvalue weighted by Crippen LogP contribution is 2.38. The lowest BCUT2D eigenvalue weighted by atomic mass is 9.81. The third-order valence-corrected chi connectivity index (χ3v) is 6.67. The predicted octanol–water partition coefficient (Wildman–Crippen LogP) is 6.64. The van der Waals surface area contributed by atoms with Gasteiger partial charge in [-0.1, -0.05) is 103 Å². The molecule has 2 amide bonds. The molecule has 156 valence electrons. The minimum Gasteiger partial charge on any atom is -0.282 e. The molecule has 1 saturated heterocycles. The van der Waals surface area contributed by atoms with Gasteiger partial charge < -0.3 is 0 Å². The third-order valence-electron chi connectivity index (χ3n) is 6.67. The summed E-state index contributed by atoms with van der Waals surface area (Å²) in [6.07, 6.45) is 22.8. The summed E-state index contributed by atoms with van der Waals surface area (Å²) in [5.41, 5.74) is 0. The molecule has 1 heterocycles. The van der Waals surface area contributed by atoms with Crippen LogP contribution in [-0.2, 0) is 9.59 Å². The van der Waals surface area contributed by atoms with E-state index in [0.29, 0.717) is 6.54 Å². The molecule has 2 aliphatic rings. The average Bonchev–Trinajstić information content (AvgIpc) is 2.93. The van der Waals surface area contributed by atoms with Crippen molar-refractivity contribution in [2.24, 2.45) is 11.8 Å². The maximum Gasteiger partial charge on any atom is 0.233 e. The summed E-state index contributed by atoms with van der Waals surface area (Å²) in [4.78, 5) is 26.4. The van der Waals surface area contributed by atoms with Gasteiger partial charge in [0.2, 0.25) is 11.8 Å². The van der Waals surface area contributed by atoms with Crippen LogP contribution in [0.3, 0.4) is 0 Å². The van der Waals surface area contributed by atoms with E-state index in [1.54, 1.807) is 4.90 Å². The summed E-state index contributed by atoms with van der Waals surface area (Å²) in [6, 6.07) is 0. The Bertz CT molecular complexity index is 410. The van der Waals surface area contributed by atoms with Crippen LogP contribution in [0.15, 0.2) is 0 Å². The van der Waals surface area contributed by atoms with Crippen molar-refractivity contribution in [2.45, 2.75) is 122 Å². The van der Waals surface area contributed by atoms with Gasteiger partial charge in [-0.3, -0.25) is 14.5 Å². The highest BCUT2D eigenvalue weighted by Gasteiger charge is 2.47. The lowest BCUT2D eigenvalue weighted by molar-refractivity contribution is -0.139. The van der Waals surface area contributed by atoms with Gasteiger partial charge in [-0.25, -0.2) is 0 Å². The summed E-state index contributed by atoms with van der Waals surface area (Å²) in [7, 11) is 0. The highest BCUT2D eigenvalue weighted by molar-refractivity contribution is 6.05. The number of hydrogen-bond acceptors (Lipinski definition) is 2. The molecule has 0 aromatic heterocycles. The van der Waals surface area contributed by atoms with Crippen molar-refractivity contribution in [3.05, 3.63) is 0 Å². The zero-order valence-electron chi connectivity index (χ0n) is 17.9. The fourth-order valence-electron chi connectivity index (χ4n) is 4.92. The van der Waals surface area contributed by atoms with E-state index in [4.69, 9.17) is 0 Å². The molecule has 0 radical (unpaired) electrons. The van der Waals surface area contributed by atoms with Crippen molar-refractivity contribution in [2.75, 3.05) is 6.54 Å². The topological polar surface area (TPSA) is 37.4 Å². The summed E-state index contributed by atoms with van der Waals surface area (Å²) >= 11 is 0. The van der Waals surface area contributed by atoms with E-state index in [0.717, 1.165) is 38.5 Å². The molecule has 2 fully saturated rings. The number of carbonyl (C=O) groups excluding carboxylic acids is 2. The van der Waals surface area contributed by atoms with Gasteiger partial charge in [0.25, 0.3) is 0 Å². The summed E-state index contributed by atoms with van der Waals surface area (Å²) in [6.45, 7) is 2.94. The molecule has 2 rings (SSSR count). The zero-order chi connectivity index (χ0) is 19.3. The minimum atomic E-state index is 0.0258. The van der Waals surface area contributed by atoms with Crippen LogP contribution in [0.2, 0.25) is 0 Å². The Morgan fingerprint density at radius 3 is 1.41 bits per heavy atom. The van der Waals surface area contributed by atoms with E-state index in [2.05, 4.69) is 6.92 Å². The van der Waals surface area contributed by atoms with Crippen LogP contribution in [0, 0.1) is 11.8 Å². The predicted molar refractivity (Wildman–Crippen MR) is 112 cm³/mol.